The molecule has 2 saturated heterocycles. The van der Waals surface area contributed by atoms with E-state index in [9.17, 15) is 22.8 Å². The number of anilines is 1. The van der Waals surface area contributed by atoms with E-state index in [1.165, 1.54) is 23.0 Å². The Balaban J connectivity index is 1.29. The number of aromatic nitrogens is 2. The van der Waals surface area contributed by atoms with E-state index in [0.29, 0.717) is 28.2 Å². The van der Waals surface area contributed by atoms with E-state index >= 15 is 0 Å². The Labute approximate surface area is 253 Å². The Bertz CT molecular complexity index is 1630. The van der Waals surface area contributed by atoms with Crippen molar-refractivity contribution in [1.29, 1.82) is 0 Å². The van der Waals surface area contributed by atoms with Crippen molar-refractivity contribution in [1.82, 2.24) is 14.5 Å². The van der Waals surface area contributed by atoms with Gasteiger partial charge in [-0.3, -0.25) is 19.1 Å². The van der Waals surface area contributed by atoms with Crippen molar-refractivity contribution in [2.45, 2.75) is 77.5 Å². The molecular formula is C31H36BF3N4O5. The molecule has 1 aliphatic carbocycles. The molecule has 234 valence electrons. The Kier molecular flexibility index (Phi) is 7.57. The van der Waals surface area contributed by atoms with E-state index in [-0.39, 0.29) is 11.4 Å². The summed E-state index contributed by atoms with van der Waals surface area (Å²) in [4.78, 5) is 33.4. The SMILES string of the molecule is CC(C(=O)Nc1cc(-n2cnc3cc(B4OC(C)(C)C(C)(C)O4)ccc3c2=O)ccc1OC(F)(F)F)N1CC2CCC(C2)C1. The molecule has 0 radical (unpaired) electrons. The molecule has 1 amide bonds. The maximum atomic E-state index is 13.6. The van der Waals surface area contributed by atoms with Gasteiger partial charge in [-0.2, -0.15) is 0 Å². The van der Waals surface area contributed by atoms with E-state index in [1.807, 2.05) is 27.7 Å². The highest BCUT2D eigenvalue weighted by Crippen LogP contribution is 2.38. The third-order valence-electron chi connectivity index (χ3n) is 9.60. The second-order valence-electron chi connectivity index (χ2n) is 13.2. The minimum atomic E-state index is -4.98. The van der Waals surface area contributed by atoms with Crippen LogP contribution in [-0.2, 0) is 14.1 Å². The zero-order valence-corrected chi connectivity index (χ0v) is 25.4. The van der Waals surface area contributed by atoms with Crippen LogP contribution in [-0.4, -0.2) is 64.2 Å². The molecule has 6 rings (SSSR count). The van der Waals surface area contributed by atoms with E-state index in [2.05, 4.69) is 19.9 Å². The zero-order chi connectivity index (χ0) is 31.6. The Hall–Kier alpha value is -3.42. The molecule has 3 unspecified atom stereocenters. The number of nitrogens with one attached hydrogen (secondary N) is 1. The molecule has 0 spiro atoms. The summed E-state index contributed by atoms with van der Waals surface area (Å²) in [5.41, 5.74) is -0.376. The number of rotatable bonds is 6. The Morgan fingerprint density at radius 2 is 1.73 bits per heavy atom. The van der Waals surface area contributed by atoms with E-state index in [1.54, 1.807) is 25.1 Å². The summed E-state index contributed by atoms with van der Waals surface area (Å²) in [6.07, 6.45) is -0.249. The first-order valence-corrected chi connectivity index (χ1v) is 14.9. The van der Waals surface area contributed by atoms with Crippen LogP contribution < -0.4 is 21.1 Å². The van der Waals surface area contributed by atoms with Crippen molar-refractivity contribution in [2.75, 3.05) is 18.4 Å². The lowest BCUT2D eigenvalue weighted by Gasteiger charge is -2.35. The molecule has 3 heterocycles. The highest BCUT2D eigenvalue weighted by atomic mass is 19.4. The summed E-state index contributed by atoms with van der Waals surface area (Å²) in [5.74, 6) is 0.0532. The van der Waals surface area contributed by atoms with Crippen molar-refractivity contribution >= 4 is 35.1 Å². The van der Waals surface area contributed by atoms with Crippen molar-refractivity contribution in [2.24, 2.45) is 11.8 Å². The highest BCUT2D eigenvalue weighted by molar-refractivity contribution is 6.62. The smallest absolute Gasteiger partial charge is 0.404 e. The van der Waals surface area contributed by atoms with E-state index in [0.717, 1.165) is 38.4 Å². The number of halogens is 3. The van der Waals surface area contributed by atoms with Crippen molar-refractivity contribution in [3.63, 3.8) is 0 Å². The number of alkyl halides is 3. The Morgan fingerprint density at radius 3 is 2.36 bits per heavy atom. The van der Waals surface area contributed by atoms with Crippen molar-refractivity contribution in [3.05, 3.63) is 53.1 Å². The molecular weight excluding hydrogens is 576 g/mol. The molecule has 2 aliphatic heterocycles. The van der Waals surface area contributed by atoms with Gasteiger partial charge in [0.1, 0.15) is 6.33 Å². The first kappa shape index (κ1) is 30.6. The molecule has 13 heteroatoms. The molecule has 1 aromatic heterocycles. The minimum absolute atomic E-state index is 0.195. The lowest BCUT2D eigenvalue weighted by Crippen LogP contribution is -2.47. The monoisotopic (exact) mass is 612 g/mol. The predicted molar refractivity (Wildman–Crippen MR) is 160 cm³/mol. The number of hydrogen-bond donors (Lipinski definition) is 1. The van der Waals surface area contributed by atoms with Crippen LogP contribution in [0, 0.1) is 11.8 Å². The number of piperidine rings is 1. The number of benzene rings is 2. The van der Waals surface area contributed by atoms with Gasteiger partial charge >= 0.3 is 13.5 Å². The first-order valence-electron chi connectivity index (χ1n) is 14.9. The largest absolute Gasteiger partial charge is 0.573 e. The molecule has 1 N–H and O–H groups in total. The van der Waals surface area contributed by atoms with Gasteiger partial charge in [0, 0.05) is 13.1 Å². The fraction of sp³-hybridized carbons (Fsp3) is 0.516. The number of nitrogens with zero attached hydrogens (tertiary/aromatic N) is 3. The van der Waals surface area contributed by atoms with Gasteiger partial charge in [-0.05, 0) is 102 Å². The van der Waals surface area contributed by atoms with Gasteiger partial charge in [0.05, 0.1) is 39.5 Å². The number of amides is 1. The maximum absolute atomic E-state index is 13.6. The fourth-order valence-corrected chi connectivity index (χ4v) is 6.39. The van der Waals surface area contributed by atoms with Crippen LogP contribution in [0.1, 0.15) is 53.9 Å². The lowest BCUT2D eigenvalue weighted by atomic mass is 9.79. The van der Waals surface area contributed by atoms with Gasteiger partial charge in [0.2, 0.25) is 5.91 Å². The van der Waals surface area contributed by atoms with Gasteiger partial charge in [0.15, 0.2) is 5.75 Å². The summed E-state index contributed by atoms with van der Waals surface area (Å²) < 4.78 is 57.5. The zero-order valence-electron chi connectivity index (χ0n) is 25.4. The molecule has 3 atom stereocenters. The molecule has 1 saturated carbocycles. The van der Waals surface area contributed by atoms with Crippen LogP contribution in [0.2, 0.25) is 0 Å². The van der Waals surface area contributed by atoms with Gasteiger partial charge < -0.3 is 19.4 Å². The average Bonchev–Trinajstić information content (AvgIpc) is 3.40. The highest BCUT2D eigenvalue weighted by Gasteiger charge is 2.51. The summed E-state index contributed by atoms with van der Waals surface area (Å²) in [6.45, 7) is 11.1. The second-order valence-corrected chi connectivity index (χ2v) is 13.2. The maximum Gasteiger partial charge on any atom is 0.573 e. The molecule has 2 aromatic carbocycles. The third kappa shape index (κ3) is 5.84. The number of fused-ring (bicyclic) bond motifs is 3. The van der Waals surface area contributed by atoms with Crippen molar-refractivity contribution < 1.29 is 32.0 Å². The Morgan fingerprint density at radius 1 is 1.07 bits per heavy atom. The quantitative estimate of drug-likeness (QED) is 0.406. The number of ether oxygens (including phenoxy) is 1. The normalized spacial score (nSPS) is 23.6. The van der Waals surface area contributed by atoms with Gasteiger partial charge in [-0.1, -0.05) is 6.07 Å². The van der Waals surface area contributed by atoms with Crippen LogP contribution in [0.15, 0.2) is 47.5 Å². The van der Waals surface area contributed by atoms with Gasteiger partial charge in [-0.15, -0.1) is 13.2 Å². The van der Waals surface area contributed by atoms with Crippen LogP contribution in [0.3, 0.4) is 0 Å². The lowest BCUT2D eigenvalue weighted by molar-refractivity contribution is -0.274. The molecule has 44 heavy (non-hydrogen) atoms. The fourth-order valence-electron chi connectivity index (χ4n) is 6.39. The van der Waals surface area contributed by atoms with Crippen LogP contribution in [0.25, 0.3) is 16.6 Å². The number of hydrogen-bond acceptors (Lipinski definition) is 7. The summed E-state index contributed by atoms with van der Waals surface area (Å²) in [7, 11) is -0.636. The van der Waals surface area contributed by atoms with Gasteiger partial charge in [0.25, 0.3) is 5.56 Å². The average molecular weight is 612 g/mol. The van der Waals surface area contributed by atoms with E-state index < -0.39 is 47.9 Å². The standard InChI is InChI=1S/C31H36BF3N4O5/c1-18(38-15-19-6-7-20(12-19)16-38)27(40)37-25-14-22(9-11-26(25)42-31(33,34)35)39-17-36-24-13-21(8-10-23(24)28(39)41)32-43-29(2,3)30(4,5)44-32/h8-11,13-14,17-20H,6-7,12,15-16H2,1-5H3,(H,37,40). The molecule has 3 aliphatic rings. The summed E-state index contributed by atoms with van der Waals surface area (Å²) in [5, 5.41) is 2.92. The van der Waals surface area contributed by atoms with Crippen LogP contribution in [0.5, 0.6) is 5.75 Å². The van der Waals surface area contributed by atoms with Crippen LogP contribution >= 0.6 is 0 Å². The molecule has 2 bridgehead atoms. The van der Waals surface area contributed by atoms with Crippen molar-refractivity contribution in [3.8, 4) is 11.4 Å². The number of carbonyl (C=O) groups is 1. The topological polar surface area (TPSA) is 94.9 Å². The summed E-state index contributed by atoms with van der Waals surface area (Å²) in [6, 6.07) is 8.22. The first-order chi connectivity index (χ1) is 20.6. The second kappa shape index (κ2) is 10.9. The molecule has 3 fully saturated rings. The van der Waals surface area contributed by atoms with Crippen LogP contribution in [0.4, 0.5) is 18.9 Å². The molecule has 9 nitrogen and oxygen atoms in total. The number of likely N-dealkylation sites (tertiary alicyclic amines) is 1. The summed E-state index contributed by atoms with van der Waals surface area (Å²) >= 11 is 0. The third-order valence-corrected chi connectivity index (χ3v) is 9.60. The molecule has 3 aromatic rings. The minimum Gasteiger partial charge on any atom is -0.404 e. The van der Waals surface area contributed by atoms with E-state index in [4.69, 9.17) is 9.31 Å². The van der Waals surface area contributed by atoms with Gasteiger partial charge in [-0.25, -0.2) is 4.98 Å². The predicted octanol–water partition coefficient (Wildman–Crippen LogP) is 4.64. The number of carbonyl (C=O) groups excluding carboxylic acids is 1.